The van der Waals surface area contributed by atoms with Gasteiger partial charge in [-0.2, -0.15) is 0 Å². The molecule has 0 atom stereocenters. The van der Waals surface area contributed by atoms with Gasteiger partial charge < -0.3 is 9.64 Å². The molecule has 0 bridgehead atoms. The van der Waals surface area contributed by atoms with Gasteiger partial charge >= 0.3 is 0 Å². The van der Waals surface area contributed by atoms with Crippen LogP contribution in [0.2, 0.25) is 5.02 Å². The average Bonchev–Trinajstić information content (AvgIpc) is 2.32. The van der Waals surface area contributed by atoms with Crippen LogP contribution in [0.1, 0.15) is 25.8 Å². The third kappa shape index (κ3) is 4.97. The molecule has 2 nitrogen and oxygen atoms in total. The zero-order valence-electron chi connectivity index (χ0n) is 11.0. The zero-order valence-corrected chi connectivity index (χ0v) is 11.8. The number of benzene rings is 1. The largest absolute Gasteiger partial charge is 0.493 e. The summed E-state index contributed by atoms with van der Waals surface area (Å²) in [5.41, 5.74) is 1.10. The second kappa shape index (κ2) is 7.57. The van der Waals surface area contributed by atoms with Crippen molar-refractivity contribution in [2.45, 2.75) is 27.2 Å². The molecule has 0 aromatic heterocycles. The Morgan fingerprint density at radius 3 is 2.53 bits per heavy atom. The maximum absolute atomic E-state index is 5.90. The Morgan fingerprint density at radius 1 is 1.24 bits per heavy atom. The summed E-state index contributed by atoms with van der Waals surface area (Å²) >= 11 is 5.90. The van der Waals surface area contributed by atoms with Crippen LogP contribution in [0.15, 0.2) is 18.2 Å². The molecule has 1 aromatic rings. The minimum atomic E-state index is 0.762. The topological polar surface area (TPSA) is 12.5 Å². The number of rotatable bonds is 7. The van der Waals surface area contributed by atoms with Gasteiger partial charge in [-0.3, -0.25) is 0 Å². The number of hydrogen-bond donors (Lipinski definition) is 0. The second-order valence-electron chi connectivity index (χ2n) is 4.14. The van der Waals surface area contributed by atoms with Gasteiger partial charge in [-0.1, -0.05) is 25.4 Å². The van der Waals surface area contributed by atoms with Crippen molar-refractivity contribution in [2.75, 3.05) is 26.2 Å². The van der Waals surface area contributed by atoms with Gasteiger partial charge in [0.25, 0.3) is 0 Å². The highest BCUT2D eigenvalue weighted by Crippen LogP contribution is 2.21. The molecule has 0 N–H and O–H groups in total. The van der Waals surface area contributed by atoms with Crippen LogP contribution < -0.4 is 4.74 Å². The Hall–Kier alpha value is -0.730. The first-order valence-corrected chi connectivity index (χ1v) is 6.66. The van der Waals surface area contributed by atoms with E-state index in [2.05, 4.69) is 18.7 Å². The van der Waals surface area contributed by atoms with Gasteiger partial charge in [0.2, 0.25) is 0 Å². The summed E-state index contributed by atoms with van der Waals surface area (Å²) in [4.78, 5) is 2.40. The Balaban J connectivity index is 2.31. The van der Waals surface area contributed by atoms with E-state index in [-0.39, 0.29) is 0 Å². The SMILES string of the molecule is CCN(CC)CCCOc1ccc(Cl)cc1C. The van der Waals surface area contributed by atoms with Gasteiger partial charge in [0.05, 0.1) is 6.61 Å². The molecular formula is C14H22ClNO. The molecule has 1 rings (SSSR count). The van der Waals surface area contributed by atoms with Crippen LogP contribution in [0.5, 0.6) is 5.75 Å². The quantitative estimate of drug-likeness (QED) is 0.688. The Kier molecular flexibility index (Phi) is 6.38. The molecule has 0 amide bonds. The zero-order chi connectivity index (χ0) is 12.7. The van der Waals surface area contributed by atoms with Crippen LogP contribution in [0, 0.1) is 6.92 Å². The monoisotopic (exact) mass is 255 g/mol. The third-order valence-corrected chi connectivity index (χ3v) is 3.14. The molecule has 0 saturated carbocycles. The van der Waals surface area contributed by atoms with Crippen molar-refractivity contribution < 1.29 is 4.74 Å². The van der Waals surface area contributed by atoms with Gasteiger partial charge in [-0.05, 0) is 50.2 Å². The highest BCUT2D eigenvalue weighted by Gasteiger charge is 2.01. The lowest BCUT2D eigenvalue weighted by Gasteiger charge is -2.18. The smallest absolute Gasteiger partial charge is 0.122 e. The predicted octanol–water partition coefficient (Wildman–Crippen LogP) is 3.76. The number of aryl methyl sites for hydroxylation is 1. The molecule has 0 saturated heterocycles. The summed E-state index contributed by atoms with van der Waals surface area (Å²) in [6.07, 6.45) is 1.06. The van der Waals surface area contributed by atoms with Crippen molar-refractivity contribution in [3.8, 4) is 5.75 Å². The molecule has 96 valence electrons. The van der Waals surface area contributed by atoms with E-state index >= 15 is 0 Å². The molecule has 0 unspecified atom stereocenters. The molecule has 0 aliphatic heterocycles. The lowest BCUT2D eigenvalue weighted by atomic mass is 10.2. The summed E-state index contributed by atoms with van der Waals surface area (Å²) in [6.45, 7) is 10.5. The molecule has 0 fully saturated rings. The molecule has 3 heteroatoms. The molecule has 0 aliphatic rings. The Morgan fingerprint density at radius 2 is 1.94 bits per heavy atom. The van der Waals surface area contributed by atoms with Crippen LogP contribution in [0.25, 0.3) is 0 Å². The van der Waals surface area contributed by atoms with Crippen molar-refractivity contribution >= 4 is 11.6 Å². The van der Waals surface area contributed by atoms with Gasteiger partial charge in [-0.25, -0.2) is 0 Å². The first-order chi connectivity index (χ1) is 8.17. The van der Waals surface area contributed by atoms with Crippen LogP contribution in [0.3, 0.4) is 0 Å². The van der Waals surface area contributed by atoms with E-state index in [1.807, 2.05) is 25.1 Å². The lowest BCUT2D eigenvalue weighted by molar-refractivity contribution is 0.248. The first kappa shape index (κ1) is 14.3. The van der Waals surface area contributed by atoms with Gasteiger partial charge in [0.15, 0.2) is 0 Å². The van der Waals surface area contributed by atoms with E-state index in [4.69, 9.17) is 16.3 Å². The van der Waals surface area contributed by atoms with Gasteiger partial charge in [-0.15, -0.1) is 0 Å². The molecule has 0 radical (unpaired) electrons. The number of ether oxygens (including phenoxy) is 1. The highest BCUT2D eigenvalue weighted by molar-refractivity contribution is 6.30. The normalized spacial score (nSPS) is 10.9. The van der Waals surface area contributed by atoms with E-state index < -0.39 is 0 Å². The first-order valence-electron chi connectivity index (χ1n) is 6.28. The molecule has 0 spiro atoms. The minimum absolute atomic E-state index is 0.762. The Labute approximate surface area is 110 Å². The summed E-state index contributed by atoms with van der Waals surface area (Å²) < 4.78 is 5.75. The highest BCUT2D eigenvalue weighted by atomic mass is 35.5. The van der Waals surface area contributed by atoms with Gasteiger partial charge in [0, 0.05) is 11.6 Å². The summed E-state index contributed by atoms with van der Waals surface area (Å²) in [6, 6.07) is 5.74. The van der Waals surface area contributed by atoms with Crippen molar-refractivity contribution in [3.05, 3.63) is 28.8 Å². The fourth-order valence-electron chi connectivity index (χ4n) is 1.78. The van der Waals surface area contributed by atoms with E-state index in [0.717, 1.165) is 49.0 Å². The standard InChI is InChI=1S/C14H22ClNO/c1-4-16(5-2)9-6-10-17-14-8-7-13(15)11-12(14)3/h7-8,11H,4-6,9-10H2,1-3H3. The second-order valence-corrected chi connectivity index (χ2v) is 4.58. The molecule has 17 heavy (non-hydrogen) atoms. The van der Waals surface area contributed by atoms with Crippen molar-refractivity contribution in [1.29, 1.82) is 0 Å². The summed E-state index contributed by atoms with van der Waals surface area (Å²) in [5, 5.41) is 0.762. The molecular weight excluding hydrogens is 234 g/mol. The predicted molar refractivity (Wildman–Crippen MR) is 74.1 cm³/mol. The van der Waals surface area contributed by atoms with Gasteiger partial charge in [0.1, 0.15) is 5.75 Å². The number of hydrogen-bond acceptors (Lipinski definition) is 2. The number of nitrogens with zero attached hydrogens (tertiary/aromatic N) is 1. The van der Waals surface area contributed by atoms with Crippen molar-refractivity contribution in [3.63, 3.8) is 0 Å². The maximum atomic E-state index is 5.90. The van der Waals surface area contributed by atoms with Crippen LogP contribution in [0.4, 0.5) is 0 Å². The van der Waals surface area contributed by atoms with E-state index in [9.17, 15) is 0 Å². The Bertz CT molecular complexity index is 337. The van der Waals surface area contributed by atoms with E-state index in [1.165, 1.54) is 0 Å². The molecule has 0 aliphatic carbocycles. The van der Waals surface area contributed by atoms with Crippen molar-refractivity contribution in [1.82, 2.24) is 4.90 Å². The molecule has 1 aromatic carbocycles. The van der Waals surface area contributed by atoms with Crippen LogP contribution in [-0.4, -0.2) is 31.1 Å². The molecule has 0 heterocycles. The van der Waals surface area contributed by atoms with Crippen molar-refractivity contribution in [2.24, 2.45) is 0 Å². The third-order valence-electron chi connectivity index (χ3n) is 2.91. The van der Waals surface area contributed by atoms with Crippen LogP contribution >= 0.6 is 11.6 Å². The summed E-state index contributed by atoms with van der Waals surface area (Å²) in [7, 11) is 0. The van der Waals surface area contributed by atoms with E-state index in [0.29, 0.717) is 0 Å². The lowest BCUT2D eigenvalue weighted by Crippen LogP contribution is -2.25. The maximum Gasteiger partial charge on any atom is 0.122 e. The van der Waals surface area contributed by atoms with E-state index in [1.54, 1.807) is 0 Å². The minimum Gasteiger partial charge on any atom is -0.493 e. The van der Waals surface area contributed by atoms with Crippen LogP contribution in [-0.2, 0) is 0 Å². The summed E-state index contributed by atoms with van der Waals surface area (Å²) in [5.74, 6) is 0.939. The fraction of sp³-hybridized carbons (Fsp3) is 0.571. The average molecular weight is 256 g/mol. The number of halogens is 1. The fourth-order valence-corrected chi connectivity index (χ4v) is 2.01.